The maximum atomic E-state index is 7.00. The van der Waals surface area contributed by atoms with Crippen molar-refractivity contribution in [2.75, 3.05) is 49.8 Å². The Hall–Kier alpha value is -0.280. The fourth-order valence-corrected chi connectivity index (χ4v) is 5.13. The first-order valence-electron chi connectivity index (χ1n) is 17.6. The molecule has 1 aliphatic rings. The van der Waals surface area contributed by atoms with Crippen LogP contribution < -0.4 is 0 Å². The van der Waals surface area contributed by atoms with E-state index < -0.39 is 0 Å². The molecule has 0 atom stereocenters. The van der Waals surface area contributed by atoms with Crippen LogP contribution in [0.4, 0.5) is 0 Å². The van der Waals surface area contributed by atoms with Gasteiger partial charge in [-0.3, -0.25) is 0 Å². The smallest absolute Gasteiger partial charge is 0.0319 e. The van der Waals surface area contributed by atoms with E-state index in [1.807, 2.05) is 0 Å². The molecule has 0 amide bonds. The summed E-state index contributed by atoms with van der Waals surface area (Å²) in [6, 6.07) is 0. The minimum atomic E-state index is 1.00. The summed E-state index contributed by atoms with van der Waals surface area (Å²) in [4.78, 5) is 0. The Morgan fingerprint density at radius 1 is 0.116 bits per heavy atom. The van der Waals surface area contributed by atoms with Crippen molar-refractivity contribution in [1.29, 1.82) is 0 Å². The van der Waals surface area contributed by atoms with Gasteiger partial charge < -0.3 is 35.7 Å². The second kappa shape index (κ2) is 83.9. The highest BCUT2D eigenvalue weighted by Gasteiger charge is 1.97. The molecular formula is C36H86O7. The van der Waals surface area contributed by atoms with Crippen molar-refractivity contribution < 1.29 is 35.7 Å². The SMILES string of the molecule is C1CCCCCCCCCCCCCCCCCCCCCCCCCCCC1.CO.CO.CO.CO.CO.CO.CO. The maximum Gasteiger partial charge on any atom is 0.0319 e. The van der Waals surface area contributed by atoms with Gasteiger partial charge in [-0.2, -0.15) is 0 Å². The maximum absolute atomic E-state index is 7.00. The van der Waals surface area contributed by atoms with Crippen LogP contribution in [0.2, 0.25) is 0 Å². The van der Waals surface area contributed by atoms with Crippen LogP contribution in [-0.2, 0) is 0 Å². The molecule has 0 saturated heterocycles. The lowest BCUT2D eigenvalue weighted by Crippen LogP contribution is -1.84. The van der Waals surface area contributed by atoms with Gasteiger partial charge in [0.2, 0.25) is 0 Å². The third-order valence-corrected chi connectivity index (χ3v) is 7.25. The number of aliphatic hydroxyl groups excluding tert-OH is 7. The molecule has 0 spiro atoms. The molecule has 0 aromatic carbocycles. The number of hydrogen-bond acceptors (Lipinski definition) is 7. The minimum absolute atomic E-state index is 1.00. The van der Waals surface area contributed by atoms with Crippen LogP contribution in [0, 0.1) is 0 Å². The molecule has 0 unspecified atom stereocenters. The zero-order valence-electron chi connectivity index (χ0n) is 30.6. The second-order valence-electron chi connectivity index (χ2n) is 10.3. The predicted octanol–water partition coefficient (Wildman–Crippen LogP) is 8.57. The van der Waals surface area contributed by atoms with E-state index in [0.717, 1.165) is 49.8 Å². The zero-order valence-corrected chi connectivity index (χ0v) is 30.6. The fraction of sp³-hybridized carbons (Fsp3) is 1.00. The van der Waals surface area contributed by atoms with Crippen molar-refractivity contribution in [1.82, 2.24) is 0 Å². The Morgan fingerprint density at radius 2 is 0.140 bits per heavy atom. The first-order chi connectivity index (χ1) is 21.5. The minimum Gasteiger partial charge on any atom is -0.400 e. The number of rotatable bonds is 0. The summed E-state index contributed by atoms with van der Waals surface area (Å²) in [6.45, 7) is 0. The molecule has 7 heteroatoms. The van der Waals surface area contributed by atoms with E-state index in [4.69, 9.17) is 35.7 Å². The molecule has 0 bridgehead atoms. The fourth-order valence-electron chi connectivity index (χ4n) is 5.13. The van der Waals surface area contributed by atoms with Crippen LogP contribution in [0.15, 0.2) is 0 Å². The van der Waals surface area contributed by atoms with Crippen molar-refractivity contribution in [3.05, 3.63) is 0 Å². The van der Waals surface area contributed by atoms with Crippen molar-refractivity contribution in [2.24, 2.45) is 0 Å². The summed E-state index contributed by atoms with van der Waals surface area (Å²) < 4.78 is 0. The van der Waals surface area contributed by atoms with Gasteiger partial charge in [0.05, 0.1) is 0 Å². The summed E-state index contributed by atoms with van der Waals surface area (Å²) in [6.07, 6.45) is 43.5. The van der Waals surface area contributed by atoms with E-state index in [2.05, 4.69) is 0 Å². The average molecular weight is 631 g/mol. The van der Waals surface area contributed by atoms with Gasteiger partial charge >= 0.3 is 0 Å². The third-order valence-electron chi connectivity index (χ3n) is 7.25. The quantitative estimate of drug-likeness (QED) is 0.142. The van der Waals surface area contributed by atoms with Crippen molar-refractivity contribution >= 4 is 0 Å². The van der Waals surface area contributed by atoms with Crippen molar-refractivity contribution in [3.63, 3.8) is 0 Å². The van der Waals surface area contributed by atoms with E-state index >= 15 is 0 Å². The first-order valence-corrected chi connectivity index (χ1v) is 17.6. The Kier molecular flexibility index (Phi) is 114. The standard InChI is InChI=1S/C29H58.7CH4O/c1-2-4-6-8-10-12-14-16-18-20-22-24-26-28-29-27-25-23-21-19-17-15-13-11-9-7-5-3-1;7*1-2/h1-29H2;7*2H,1H3. The highest BCUT2D eigenvalue weighted by atomic mass is 16.2. The Balaban J connectivity index is -0.000000161. The van der Waals surface area contributed by atoms with E-state index in [-0.39, 0.29) is 0 Å². The lowest BCUT2D eigenvalue weighted by atomic mass is 10.0. The molecule has 0 aromatic heterocycles. The van der Waals surface area contributed by atoms with Gasteiger partial charge in [-0.25, -0.2) is 0 Å². The molecule has 1 rings (SSSR count). The van der Waals surface area contributed by atoms with Crippen molar-refractivity contribution in [2.45, 2.75) is 186 Å². The normalized spacial score (nSPS) is 17.2. The Labute approximate surface area is 271 Å². The predicted molar refractivity (Wildman–Crippen MR) is 191 cm³/mol. The number of hydrogen-bond donors (Lipinski definition) is 7. The van der Waals surface area contributed by atoms with Crippen LogP contribution in [0.1, 0.15) is 186 Å². The van der Waals surface area contributed by atoms with E-state index in [9.17, 15) is 0 Å². The van der Waals surface area contributed by atoms with Gasteiger partial charge in [-0.1, -0.05) is 186 Å². The molecule has 1 aliphatic carbocycles. The summed E-state index contributed by atoms with van der Waals surface area (Å²) in [5.74, 6) is 0. The van der Waals surface area contributed by atoms with E-state index in [0.29, 0.717) is 0 Å². The topological polar surface area (TPSA) is 142 Å². The summed E-state index contributed by atoms with van der Waals surface area (Å²) in [5.41, 5.74) is 0. The largest absolute Gasteiger partial charge is 0.400 e. The molecule has 43 heavy (non-hydrogen) atoms. The van der Waals surface area contributed by atoms with Gasteiger partial charge in [0.15, 0.2) is 0 Å². The van der Waals surface area contributed by atoms with Crippen LogP contribution in [0.25, 0.3) is 0 Å². The molecule has 1 fully saturated rings. The van der Waals surface area contributed by atoms with Gasteiger partial charge in [-0.15, -0.1) is 0 Å². The van der Waals surface area contributed by atoms with Gasteiger partial charge in [-0.05, 0) is 0 Å². The molecule has 7 N–H and O–H groups in total. The highest BCUT2D eigenvalue weighted by Crippen LogP contribution is 2.17. The molecule has 0 aromatic rings. The molecule has 0 aliphatic heterocycles. The molecule has 0 heterocycles. The average Bonchev–Trinajstić information content (AvgIpc) is 3.11. The highest BCUT2D eigenvalue weighted by molar-refractivity contribution is 4.53. The Morgan fingerprint density at radius 3 is 0.163 bits per heavy atom. The van der Waals surface area contributed by atoms with Gasteiger partial charge in [0.25, 0.3) is 0 Å². The monoisotopic (exact) mass is 631 g/mol. The van der Waals surface area contributed by atoms with Crippen LogP contribution >= 0.6 is 0 Å². The van der Waals surface area contributed by atoms with E-state index in [1.165, 1.54) is 186 Å². The van der Waals surface area contributed by atoms with Crippen molar-refractivity contribution in [3.8, 4) is 0 Å². The molecule has 0 radical (unpaired) electrons. The van der Waals surface area contributed by atoms with Crippen LogP contribution in [0.3, 0.4) is 0 Å². The Bertz CT molecular complexity index is 168. The molecular weight excluding hydrogens is 544 g/mol. The lowest BCUT2D eigenvalue weighted by Gasteiger charge is -2.04. The summed E-state index contributed by atoms with van der Waals surface area (Å²) in [5, 5.41) is 49.0. The molecule has 7 nitrogen and oxygen atoms in total. The second-order valence-corrected chi connectivity index (χ2v) is 10.3. The van der Waals surface area contributed by atoms with Crippen LogP contribution in [-0.4, -0.2) is 85.5 Å². The lowest BCUT2D eigenvalue weighted by molar-refractivity contribution is 0.399. The zero-order chi connectivity index (χ0) is 34.5. The summed E-state index contributed by atoms with van der Waals surface area (Å²) >= 11 is 0. The molecule has 1 saturated carbocycles. The van der Waals surface area contributed by atoms with E-state index in [1.54, 1.807) is 0 Å². The third kappa shape index (κ3) is 79.8. The van der Waals surface area contributed by atoms with Gasteiger partial charge in [0.1, 0.15) is 0 Å². The number of aliphatic hydroxyl groups is 7. The summed E-state index contributed by atoms with van der Waals surface area (Å²) in [7, 11) is 7.00. The van der Waals surface area contributed by atoms with Crippen LogP contribution in [0.5, 0.6) is 0 Å². The van der Waals surface area contributed by atoms with Gasteiger partial charge in [0, 0.05) is 49.8 Å². The first kappa shape index (κ1) is 58.3. The molecule has 272 valence electrons.